The SMILES string of the molecule is CC(O)c1ccc2c(NO)ccc(N=O)c2c1. The highest BCUT2D eigenvalue weighted by atomic mass is 16.5. The lowest BCUT2D eigenvalue weighted by atomic mass is 10.0. The molecule has 2 rings (SSSR count). The summed E-state index contributed by atoms with van der Waals surface area (Å²) >= 11 is 0. The first kappa shape index (κ1) is 11.5. The Morgan fingerprint density at radius 3 is 2.59 bits per heavy atom. The second kappa shape index (κ2) is 4.48. The van der Waals surface area contributed by atoms with Gasteiger partial charge in [0.25, 0.3) is 0 Å². The zero-order chi connectivity index (χ0) is 12.4. The number of aliphatic hydroxyl groups excluding tert-OH is 1. The summed E-state index contributed by atoms with van der Waals surface area (Å²) < 4.78 is 0. The van der Waals surface area contributed by atoms with Gasteiger partial charge in [0, 0.05) is 10.8 Å². The molecule has 3 N–H and O–H groups in total. The molecule has 2 aromatic carbocycles. The zero-order valence-electron chi connectivity index (χ0n) is 9.21. The van der Waals surface area contributed by atoms with Crippen molar-refractivity contribution in [1.82, 2.24) is 0 Å². The van der Waals surface area contributed by atoms with E-state index in [0.29, 0.717) is 22.0 Å². The molecular weight excluding hydrogens is 220 g/mol. The van der Waals surface area contributed by atoms with Crippen molar-refractivity contribution >= 4 is 22.1 Å². The second-order valence-corrected chi connectivity index (χ2v) is 3.82. The topological polar surface area (TPSA) is 81.9 Å². The summed E-state index contributed by atoms with van der Waals surface area (Å²) in [5.41, 5.74) is 3.53. The van der Waals surface area contributed by atoms with Crippen molar-refractivity contribution in [2.45, 2.75) is 13.0 Å². The van der Waals surface area contributed by atoms with E-state index in [2.05, 4.69) is 10.7 Å². The van der Waals surface area contributed by atoms with Crippen LogP contribution in [0.3, 0.4) is 0 Å². The van der Waals surface area contributed by atoms with Gasteiger partial charge in [-0.15, -0.1) is 4.91 Å². The van der Waals surface area contributed by atoms with Crippen molar-refractivity contribution in [3.05, 3.63) is 40.8 Å². The van der Waals surface area contributed by atoms with Crippen molar-refractivity contribution < 1.29 is 10.3 Å². The third-order valence-corrected chi connectivity index (χ3v) is 2.72. The molecule has 0 fully saturated rings. The largest absolute Gasteiger partial charge is 0.389 e. The number of hydrogen-bond acceptors (Lipinski definition) is 5. The van der Waals surface area contributed by atoms with E-state index in [4.69, 9.17) is 5.21 Å². The Hall–Kier alpha value is -1.98. The highest BCUT2D eigenvalue weighted by Gasteiger charge is 2.09. The molecule has 5 heteroatoms. The van der Waals surface area contributed by atoms with Gasteiger partial charge in [0.05, 0.1) is 11.8 Å². The molecule has 0 aliphatic heterocycles. The highest BCUT2D eigenvalue weighted by Crippen LogP contribution is 2.33. The third-order valence-electron chi connectivity index (χ3n) is 2.72. The fourth-order valence-corrected chi connectivity index (χ4v) is 1.79. The van der Waals surface area contributed by atoms with Gasteiger partial charge < -0.3 is 5.11 Å². The van der Waals surface area contributed by atoms with Crippen LogP contribution in [0.15, 0.2) is 35.5 Å². The minimum absolute atomic E-state index is 0.279. The standard InChI is InChI=1S/C12H12N2O3/c1-7(15)8-2-3-9-10(6-8)12(14-17)5-4-11(9)13-16/h2-7,13,15-16H,1H3. The van der Waals surface area contributed by atoms with Gasteiger partial charge in [0.15, 0.2) is 0 Å². The lowest BCUT2D eigenvalue weighted by molar-refractivity contribution is 0.199. The van der Waals surface area contributed by atoms with Gasteiger partial charge in [-0.1, -0.05) is 12.1 Å². The van der Waals surface area contributed by atoms with Crippen molar-refractivity contribution in [2.75, 3.05) is 5.48 Å². The number of nitrogens with one attached hydrogen (secondary N) is 1. The fraction of sp³-hybridized carbons (Fsp3) is 0.167. The van der Waals surface area contributed by atoms with E-state index in [0.717, 1.165) is 0 Å². The van der Waals surface area contributed by atoms with Gasteiger partial charge in [-0.3, -0.25) is 10.7 Å². The predicted molar refractivity (Wildman–Crippen MR) is 65.4 cm³/mol. The fourth-order valence-electron chi connectivity index (χ4n) is 1.79. The van der Waals surface area contributed by atoms with E-state index in [9.17, 15) is 10.0 Å². The quantitative estimate of drug-likeness (QED) is 0.561. The van der Waals surface area contributed by atoms with Gasteiger partial charge >= 0.3 is 0 Å². The number of fused-ring (bicyclic) bond motifs is 1. The van der Waals surface area contributed by atoms with Crippen LogP contribution in [0.25, 0.3) is 10.8 Å². The van der Waals surface area contributed by atoms with E-state index in [1.807, 2.05) is 0 Å². The molecule has 0 aromatic heterocycles. The Morgan fingerprint density at radius 1 is 1.24 bits per heavy atom. The summed E-state index contributed by atoms with van der Waals surface area (Å²) in [6, 6.07) is 8.24. The van der Waals surface area contributed by atoms with Crippen LogP contribution in [-0.2, 0) is 0 Å². The van der Waals surface area contributed by atoms with E-state index < -0.39 is 6.10 Å². The number of anilines is 1. The van der Waals surface area contributed by atoms with Crippen molar-refractivity contribution in [1.29, 1.82) is 0 Å². The summed E-state index contributed by atoms with van der Waals surface area (Å²) in [6.45, 7) is 1.64. The summed E-state index contributed by atoms with van der Waals surface area (Å²) in [4.78, 5) is 10.7. The zero-order valence-corrected chi connectivity index (χ0v) is 9.21. The molecule has 0 spiro atoms. The number of benzene rings is 2. The van der Waals surface area contributed by atoms with Gasteiger partial charge in [-0.05, 0) is 35.9 Å². The lowest BCUT2D eigenvalue weighted by Crippen LogP contribution is -1.93. The molecule has 0 saturated carbocycles. The Kier molecular flexibility index (Phi) is 3.03. The molecule has 1 unspecified atom stereocenters. The van der Waals surface area contributed by atoms with E-state index in [1.54, 1.807) is 31.2 Å². The molecule has 0 aliphatic rings. The average molecular weight is 232 g/mol. The molecule has 0 amide bonds. The summed E-state index contributed by atoms with van der Waals surface area (Å²) in [5.74, 6) is 0. The molecule has 0 bridgehead atoms. The number of aliphatic hydroxyl groups is 1. The number of nitroso groups, excluding NO2 is 1. The summed E-state index contributed by atoms with van der Waals surface area (Å²) in [7, 11) is 0. The van der Waals surface area contributed by atoms with Crippen LogP contribution in [0.1, 0.15) is 18.6 Å². The summed E-state index contributed by atoms with van der Waals surface area (Å²) in [5, 5.41) is 22.7. The molecule has 0 radical (unpaired) electrons. The first-order valence-electron chi connectivity index (χ1n) is 5.15. The predicted octanol–water partition coefficient (Wildman–Crippen LogP) is 3.09. The monoisotopic (exact) mass is 232 g/mol. The Labute approximate surface area is 97.6 Å². The molecular formula is C12H12N2O3. The molecule has 5 nitrogen and oxygen atoms in total. The minimum atomic E-state index is -0.621. The molecule has 1 atom stereocenters. The normalized spacial score (nSPS) is 12.4. The van der Waals surface area contributed by atoms with Gasteiger partial charge in [-0.25, -0.2) is 0 Å². The highest BCUT2D eigenvalue weighted by molar-refractivity contribution is 6.01. The lowest BCUT2D eigenvalue weighted by Gasteiger charge is -2.10. The summed E-state index contributed by atoms with van der Waals surface area (Å²) in [6.07, 6.45) is -0.621. The molecule has 17 heavy (non-hydrogen) atoms. The maximum Gasteiger partial charge on any atom is 0.115 e. The third kappa shape index (κ3) is 1.98. The van der Waals surface area contributed by atoms with Crippen LogP contribution in [-0.4, -0.2) is 10.3 Å². The van der Waals surface area contributed by atoms with Crippen molar-refractivity contribution in [2.24, 2.45) is 5.18 Å². The Bertz CT molecular complexity index is 567. The van der Waals surface area contributed by atoms with Crippen LogP contribution < -0.4 is 5.48 Å². The van der Waals surface area contributed by atoms with E-state index in [-0.39, 0.29) is 5.69 Å². The molecule has 2 aromatic rings. The van der Waals surface area contributed by atoms with E-state index in [1.165, 1.54) is 6.07 Å². The van der Waals surface area contributed by atoms with Gasteiger partial charge in [0.2, 0.25) is 0 Å². The van der Waals surface area contributed by atoms with Crippen LogP contribution in [0.5, 0.6) is 0 Å². The first-order chi connectivity index (χ1) is 8.17. The van der Waals surface area contributed by atoms with Crippen molar-refractivity contribution in [3.8, 4) is 0 Å². The molecule has 0 heterocycles. The second-order valence-electron chi connectivity index (χ2n) is 3.82. The molecule has 88 valence electrons. The minimum Gasteiger partial charge on any atom is -0.389 e. The number of rotatable bonds is 3. The maximum absolute atomic E-state index is 10.7. The van der Waals surface area contributed by atoms with Gasteiger partial charge in [-0.2, -0.15) is 0 Å². The Morgan fingerprint density at radius 2 is 2.00 bits per heavy atom. The van der Waals surface area contributed by atoms with Crippen LogP contribution >= 0.6 is 0 Å². The van der Waals surface area contributed by atoms with Crippen molar-refractivity contribution in [3.63, 3.8) is 0 Å². The number of nitrogens with zero attached hydrogens (tertiary/aromatic N) is 1. The van der Waals surface area contributed by atoms with Crippen LogP contribution in [0.4, 0.5) is 11.4 Å². The van der Waals surface area contributed by atoms with Gasteiger partial charge in [0.1, 0.15) is 5.69 Å². The smallest absolute Gasteiger partial charge is 0.115 e. The maximum atomic E-state index is 10.7. The molecule has 0 aliphatic carbocycles. The average Bonchev–Trinajstić information content (AvgIpc) is 2.36. The number of hydrogen-bond donors (Lipinski definition) is 3. The van der Waals surface area contributed by atoms with Crippen LogP contribution in [0, 0.1) is 4.91 Å². The van der Waals surface area contributed by atoms with E-state index >= 15 is 0 Å². The molecule has 0 saturated heterocycles. The Balaban J connectivity index is 2.77. The first-order valence-corrected chi connectivity index (χ1v) is 5.15. The van der Waals surface area contributed by atoms with Crippen LogP contribution in [0.2, 0.25) is 0 Å².